The van der Waals surface area contributed by atoms with E-state index in [1.165, 1.54) is 55.3 Å². The molecule has 0 aliphatic heterocycles. The van der Waals surface area contributed by atoms with Gasteiger partial charge in [-0.1, -0.05) is 24.3 Å². The molecule has 2 aromatic rings. The zero-order chi connectivity index (χ0) is 18.4. The fraction of sp³-hybridized carbons (Fsp3) is 0.480. The Morgan fingerprint density at radius 1 is 0.786 bits per heavy atom. The van der Waals surface area contributed by atoms with Crippen molar-refractivity contribution in [3.8, 4) is 0 Å². The predicted molar refractivity (Wildman–Crippen MR) is 112 cm³/mol. The molecule has 2 nitrogen and oxygen atoms in total. The SMILES string of the molecule is CN(C)c1ccc(/C=C/c2cc[n+](C34CC5CC(CC(C5)C3)C4)cc2)cc1.[Br-]. The molecule has 4 fully saturated rings. The molecule has 0 spiro atoms. The molecule has 148 valence electrons. The summed E-state index contributed by atoms with van der Waals surface area (Å²) < 4.78 is 2.57. The second-order valence-corrected chi connectivity index (χ2v) is 9.50. The van der Waals surface area contributed by atoms with Crippen molar-refractivity contribution in [1.82, 2.24) is 0 Å². The minimum absolute atomic E-state index is 0. The van der Waals surface area contributed by atoms with Gasteiger partial charge in [0.15, 0.2) is 17.9 Å². The van der Waals surface area contributed by atoms with Crippen LogP contribution in [0.5, 0.6) is 0 Å². The summed E-state index contributed by atoms with van der Waals surface area (Å²) in [6.45, 7) is 0. The molecule has 3 heteroatoms. The molecule has 6 rings (SSSR count). The Morgan fingerprint density at radius 2 is 1.25 bits per heavy atom. The summed E-state index contributed by atoms with van der Waals surface area (Å²) in [5.74, 6) is 2.98. The zero-order valence-corrected chi connectivity index (χ0v) is 18.6. The van der Waals surface area contributed by atoms with Crippen molar-refractivity contribution in [2.24, 2.45) is 17.8 Å². The lowest BCUT2D eigenvalue weighted by molar-refractivity contribution is -0.776. The highest BCUT2D eigenvalue weighted by Crippen LogP contribution is 2.56. The first-order valence-corrected chi connectivity index (χ1v) is 10.6. The maximum Gasteiger partial charge on any atom is 0.169 e. The van der Waals surface area contributed by atoms with Crippen LogP contribution < -0.4 is 26.4 Å². The van der Waals surface area contributed by atoms with Crippen LogP contribution in [0.1, 0.15) is 49.7 Å². The van der Waals surface area contributed by atoms with Gasteiger partial charge in [0, 0.05) is 51.2 Å². The quantitative estimate of drug-likeness (QED) is 0.663. The van der Waals surface area contributed by atoms with Gasteiger partial charge in [0.2, 0.25) is 0 Å². The summed E-state index contributed by atoms with van der Waals surface area (Å²) in [6, 6.07) is 13.3. The van der Waals surface area contributed by atoms with E-state index in [9.17, 15) is 0 Å². The average Bonchev–Trinajstić information content (AvgIpc) is 2.66. The van der Waals surface area contributed by atoms with Gasteiger partial charge in [0.05, 0.1) is 0 Å². The van der Waals surface area contributed by atoms with Crippen LogP contribution in [-0.2, 0) is 5.54 Å². The van der Waals surface area contributed by atoms with E-state index in [1.54, 1.807) is 0 Å². The van der Waals surface area contributed by atoms with E-state index in [1.807, 2.05) is 0 Å². The minimum Gasteiger partial charge on any atom is -1.00 e. The highest BCUT2D eigenvalue weighted by atomic mass is 79.9. The molecule has 0 unspecified atom stereocenters. The van der Waals surface area contributed by atoms with E-state index in [0.717, 1.165) is 17.8 Å². The number of hydrogen-bond donors (Lipinski definition) is 0. The van der Waals surface area contributed by atoms with Crippen molar-refractivity contribution >= 4 is 17.8 Å². The summed E-state index contributed by atoms with van der Waals surface area (Å²) in [6.07, 6.45) is 17.9. The van der Waals surface area contributed by atoms with Crippen LogP contribution in [0.15, 0.2) is 48.8 Å². The topological polar surface area (TPSA) is 7.12 Å². The van der Waals surface area contributed by atoms with Crippen LogP contribution >= 0.6 is 0 Å². The van der Waals surface area contributed by atoms with Crippen LogP contribution in [-0.4, -0.2) is 14.1 Å². The first-order valence-electron chi connectivity index (χ1n) is 10.6. The number of aromatic nitrogens is 1. The monoisotopic (exact) mass is 438 g/mol. The summed E-state index contributed by atoms with van der Waals surface area (Å²) in [4.78, 5) is 2.13. The number of nitrogens with zero attached hydrogens (tertiary/aromatic N) is 2. The number of benzene rings is 1. The second-order valence-electron chi connectivity index (χ2n) is 9.50. The van der Waals surface area contributed by atoms with Crippen LogP contribution in [0, 0.1) is 17.8 Å². The summed E-state index contributed by atoms with van der Waals surface area (Å²) >= 11 is 0. The predicted octanol–water partition coefficient (Wildman–Crippen LogP) is 2.14. The maximum absolute atomic E-state index is 2.57. The van der Waals surface area contributed by atoms with Gasteiger partial charge in [-0.25, -0.2) is 0 Å². The molecule has 0 amide bonds. The molecule has 4 aliphatic rings. The minimum atomic E-state index is 0. The second kappa shape index (κ2) is 7.67. The average molecular weight is 439 g/mol. The lowest BCUT2D eigenvalue weighted by atomic mass is 9.53. The van der Waals surface area contributed by atoms with Crippen LogP contribution in [0.3, 0.4) is 0 Å². The molecule has 4 saturated carbocycles. The lowest BCUT2D eigenvalue weighted by Crippen LogP contribution is -3.00. The molecular weight excluding hydrogens is 408 g/mol. The molecule has 0 atom stereocenters. The normalized spacial score (nSPS) is 30.4. The van der Waals surface area contributed by atoms with E-state index < -0.39 is 0 Å². The largest absolute Gasteiger partial charge is 1.00 e. The Hall–Kier alpha value is -1.61. The van der Waals surface area contributed by atoms with Gasteiger partial charge in [0.1, 0.15) is 0 Å². The van der Waals surface area contributed by atoms with Crippen molar-refractivity contribution in [2.45, 2.75) is 44.1 Å². The Morgan fingerprint density at radius 3 is 1.71 bits per heavy atom. The van der Waals surface area contributed by atoms with Crippen molar-refractivity contribution in [3.05, 3.63) is 59.9 Å². The number of halogens is 1. The van der Waals surface area contributed by atoms with Crippen LogP contribution in [0.25, 0.3) is 12.2 Å². The highest BCUT2D eigenvalue weighted by Gasteiger charge is 2.56. The fourth-order valence-electron chi connectivity index (χ4n) is 6.32. The highest BCUT2D eigenvalue weighted by molar-refractivity contribution is 5.70. The van der Waals surface area contributed by atoms with Crippen molar-refractivity contribution in [1.29, 1.82) is 0 Å². The number of anilines is 1. The Kier molecular flexibility index (Phi) is 5.39. The molecule has 0 radical (unpaired) electrons. The summed E-state index contributed by atoms with van der Waals surface area (Å²) in [7, 11) is 4.15. The first-order chi connectivity index (χ1) is 13.1. The van der Waals surface area contributed by atoms with Crippen molar-refractivity contribution in [2.75, 3.05) is 19.0 Å². The molecule has 4 aliphatic carbocycles. The maximum atomic E-state index is 2.57. The zero-order valence-electron chi connectivity index (χ0n) is 17.0. The third kappa shape index (κ3) is 3.66. The Bertz CT molecular complexity index is 801. The van der Waals surface area contributed by atoms with Gasteiger partial charge in [-0.15, -0.1) is 0 Å². The van der Waals surface area contributed by atoms with Crippen LogP contribution in [0.2, 0.25) is 0 Å². The van der Waals surface area contributed by atoms with E-state index in [-0.39, 0.29) is 17.0 Å². The van der Waals surface area contributed by atoms with Crippen molar-refractivity contribution in [3.63, 3.8) is 0 Å². The molecule has 28 heavy (non-hydrogen) atoms. The first kappa shape index (κ1) is 19.7. The summed E-state index contributed by atoms with van der Waals surface area (Å²) in [5, 5.41) is 0. The number of pyridine rings is 1. The van der Waals surface area contributed by atoms with E-state index in [2.05, 4.69) is 84.5 Å². The molecule has 0 N–H and O–H groups in total. The van der Waals surface area contributed by atoms with Crippen LogP contribution in [0.4, 0.5) is 5.69 Å². The third-order valence-electron chi connectivity index (χ3n) is 7.29. The van der Waals surface area contributed by atoms with E-state index in [0.29, 0.717) is 5.54 Å². The molecule has 1 heterocycles. The fourth-order valence-corrected chi connectivity index (χ4v) is 6.32. The Labute approximate surface area is 180 Å². The molecule has 0 saturated heterocycles. The molecular formula is C25H31BrN2. The van der Waals surface area contributed by atoms with Gasteiger partial charge >= 0.3 is 0 Å². The number of hydrogen-bond acceptors (Lipinski definition) is 1. The van der Waals surface area contributed by atoms with Gasteiger partial charge in [-0.05, 0) is 60.3 Å². The van der Waals surface area contributed by atoms with Gasteiger partial charge < -0.3 is 21.9 Å². The summed E-state index contributed by atoms with van der Waals surface area (Å²) in [5.41, 5.74) is 4.20. The van der Waals surface area contributed by atoms with E-state index >= 15 is 0 Å². The molecule has 4 bridgehead atoms. The van der Waals surface area contributed by atoms with Gasteiger partial charge in [0.25, 0.3) is 0 Å². The third-order valence-corrected chi connectivity index (χ3v) is 7.29. The molecule has 1 aromatic carbocycles. The Balaban J connectivity index is 0.00000192. The standard InChI is InChI=1S/C25H31N2.BrH/c1-26(2)24-7-5-19(6-8-24)3-4-20-9-11-27(12-10-20)25-16-21-13-22(17-25)15-23(14-21)18-25;/h3-12,21-23H,13-18H2,1-2H3;1H/q+1;/p-1. The molecule has 1 aromatic heterocycles. The lowest BCUT2D eigenvalue weighted by Gasteiger charge is -2.53. The number of rotatable bonds is 4. The van der Waals surface area contributed by atoms with Gasteiger partial charge in [-0.2, -0.15) is 4.57 Å². The smallest absolute Gasteiger partial charge is 0.169 e. The van der Waals surface area contributed by atoms with Gasteiger partial charge in [-0.3, -0.25) is 0 Å². The van der Waals surface area contributed by atoms with E-state index in [4.69, 9.17) is 0 Å². The van der Waals surface area contributed by atoms with Crippen molar-refractivity contribution < 1.29 is 21.5 Å².